The molecule has 2 aromatic heterocycles. The van der Waals surface area contributed by atoms with E-state index in [0.717, 1.165) is 5.52 Å². The quantitative estimate of drug-likeness (QED) is 0.775. The van der Waals surface area contributed by atoms with E-state index in [2.05, 4.69) is 9.97 Å². The number of aromatic nitrogens is 2. The lowest BCUT2D eigenvalue weighted by Gasteiger charge is -2.34. The first-order valence-electron chi connectivity index (χ1n) is 8.20. The van der Waals surface area contributed by atoms with Crippen molar-refractivity contribution in [3.05, 3.63) is 53.7 Å². The summed E-state index contributed by atoms with van der Waals surface area (Å²) in [6.45, 7) is 3.87. The molecule has 3 heterocycles. The molecule has 1 N–H and O–H groups in total. The van der Waals surface area contributed by atoms with Gasteiger partial charge in [0.05, 0.1) is 5.56 Å². The van der Waals surface area contributed by atoms with Gasteiger partial charge < -0.3 is 19.2 Å². The van der Waals surface area contributed by atoms with E-state index in [1.165, 1.54) is 0 Å². The molecule has 1 saturated heterocycles. The zero-order valence-electron chi connectivity index (χ0n) is 13.9. The molecule has 1 aromatic carbocycles. The highest BCUT2D eigenvalue weighted by molar-refractivity contribution is 5.97. The van der Waals surface area contributed by atoms with Crippen LogP contribution < -0.4 is 0 Å². The maximum Gasteiger partial charge on any atom is 0.255 e. The lowest BCUT2D eigenvalue weighted by molar-refractivity contribution is 0.0535. The molecule has 0 bridgehead atoms. The van der Waals surface area contributed by atoms with E-state index in [1.807, 2.05) is 0 Å². The number of piperazine rings is 1. The van der Waals surface area contributed by atoms with Gasteiger partial charge in [-0.3, -0.25) is 9.59 Å². The highest BCUT2D eigenvalue weighted by Crippen LogP contribution is 2.19. The molecular weight excluding hydrogens is 320 g/mol. The van der Waals surface area contributed by atoms with Crippen LogP contribution in [0.4, 0.5) is 0 Å². The Bertz CT molecular complexity index is 921. The number of aromatic amines is 1. The topological polar surface area (TPSA) is 82.4 Å². The van der Waals surface area contributed by atoms with Gasteiger partial charge in [-0.05, 0) is 24.3 Å². The Hall–Kier alpha value is -3.09. The van der Waals surface area contributed by atoms with Gasteiger partial charge in [-0.1, -0.05) is 0 Å². The first-order valence-corrected chi connectivity index (χ1v) is 8.20. The van der Waals surface area contributed by atoms with E-state index in [0.29, 0.717) is 48.8 Å². The Labute approximate surface area is 144 Å². The second kappa shape index (κ2) is 6.08. The first-order chi connectivity index (χ1) is 12.1. The Kier molecular flexibility index (Phi) is 3.76. The summed E-state index contributed by atoms with van der Waals surface area (Å²) in [7, 11) is 0. The third-order valence-corrected chi connectivity index (χ3v) is 4.44. The molecule has 1 aliphatic rings. The lowest BCUT2D eigenvalue weighted by atomic mass is 10.1. The molecule has 1 aliphatic heterocycles. The predicted molar refractivity (Wildman–Crippen MR) is 91.3 cm³/mol. The van der Waals surface area contributed by atoms with Gasteiger partial charge in [-0.15, -0.1) is 0 Å². The number of aryl methyl sites for hydroxylation is 1. The van der Waals surface area contributed by atoms with Crippen LogP contribution in [0.15, 0.2) is 41.1 Å². The first kappa shape index (κ1) is 15.4. The van der Waals surface area contributed by atoms with E-state index in [9.17, 15) is 9.59 Å². The fraction of sp³-hybridized carbons (Fsp3) is 0.278. The monoisotopic (exact) mass is 338 g/mol. The number of rotatable bonds is 2. The summed E-state index contributed by atoms with van der Waals surface area (Å²) in [6, 6.07) is 7.05. The molecule has 4 rings (SSSR count). The Balaban J connectivity index is 1.44. The van der Waals surface area contributed by atoms with Crippen molar-refractivity contribution >= 4 is 22.9 Å². The van der Waals surface area contributed by atoms with Crippen molar-refractivity contribution < 1.29 is 14.0 Å². The number of oxazole rings is 1. The maximum absolute atomic E-state index is 12.7. The summed E-state index contributed by atoms with van der Waals surface area (Å²) >= 11 is 0. The number of carbonyl (C=O) groups excluding carboxylic acids is 2. The molecule has 0 unspecified atom stereocenters. The molecule has 25 heavy (non-hydrogen) atoms. The maximum atomic E-state index is 12.7. The smallest absolute Gasteiger partial charge is 0.255 e. The standard InChI is InChI=1S/C18H18N4O3/c1-12-20-15-3-2-13(10-16(15)25-12)17(23)21-6-8-22(9-7-21)18(24)14-4-5-19-11-14/h2-5,10-11,19H,6-9H2,1H3. The van der Waals surface area contributed by atoms with Gasteiger partial charge in [0.15, 0.2) is 11.5 Å². The molecule has 0 spiro atoms. The SMILES string of the molecule is Cc1nc2ccc(C(=O)N3CCN(C(=O)c4cc[nH]c4)CC3)cc2o1. The van der Waals surface area contributed by atoms with Gasteiger partial charge in [-0.25, -0.2) is 4.98 Å². The van der Waals surface area contributed by atoms with Crippen molar-refractivity contribution in [3.63, 3.8) is 0 Å². The van der Waals surface area contributed by atoms with Gasteiger partial charge in [-0.2, -0.15) is 0 Å². The van der Waals surface area contributed by atoms with Crippen molar-refractivity contribution in [1.82, 2.24) is 19.8 Å². The van der Waals surface area contributed by atoms with Gasteiger partial charge in [0.2, 0.25) is 0 Å². The molecule has 0 saturated carbocycles. The van der Waals surface area contributed by atoms with E-state index in [1.54, 1.807) is 53.4 Å². The molecule has 0 radical (unpaired) electrons. The fourth-order valence-electron chi connectivity index (χ4n) is 3.11. The molecule has 0 aliphatic carbocycles. The molecule has 1 fully saturated rings. The van der Waals surface area contributed by atoms with Crippen LogP contribution in [0, 0.1) is 6.92 Å². The third kappa shape index (κ3) is 2.88. The normalized spacial score (nSPS) is 14.9. The van der Waals surface area contributed by atoms with Crippen LogP contribution in [0.3, 0.4) is 0 Å². The summed E-state index contributed by atoms with van der Waals surface area (Å²) in [5.74, 6) is 0.521. The number of amides is 2. The average molecular weight is 338 g/mol. The Morgan fingerprint density at radius 3 is 2.36 bits per heavy atom. The Morgan fingerprint density at radius 1 is 1.04 bits per heavy atom. The number of nitrogens with one attached hydrogen (secondary N) is 1. The minimum atomic E-state index is -0.0512. The molecular formula is C18H18N4O3. The van der Waals surface area contributed by atoms with E-state index in [-0.39, 0.29) is 11.8 Å². The zero-order chi connectivity index (χ0) is 17.4. The van der Waals surface area contributed by atoms with Crippen LogP contribution in [0.5, 0.6) is 0 Å². The highest BCUT2D eigenvalue weighted by atomic mass is 16.3. The molecule has 7 nitrogen and oxygen atoms in total. The molecule has 128 valence electrons. The summed E-state index contributed by atoms with van der Waals surface area (Å²) in [4.78, 5) is 35.7. The number of H-pyrrole nitrogens is 1. The summed E-state index contributed by atoms with van der Waals surface area (Å²) < 4.78 is 5.50. The second-order valence-electron chi connectivity index (χ2n) is 6.10. The molecule has 7 heteroatoms. The number of benzene rings is 1. The van der Waals surface area contributed by atoms with Crippen molar-refractivity contribution in [2.75, 3.05) is 26.2 Å². The predicted octanol–water partition coefficient (Wildman–Crippen LogP) is 2.06. The summed E-state index contributed by atoms with van der Waals surface area (Å²) in [5.41, 5.74) is 2.58. The van der Waals surface area contributed by atoms with Gasteiger partial charge in [0, 0.05) is 51.1 Å². The molecule has 3 aromatic rings. The number of carbonyl (C=O) groups is 2. The summed E-state index contributed by atoms with van der Waals surface area (Å²) in [6.07, 6.45) is 3.42. The van der Waals surface area contributed by atoms with Crippen LogP contribution in [-0.2, 0) is 0 Å². The second-order valence-corrected chi connectivity index (χ2v) is 6.10. The number of hydrogen-bond acceptors (Lipinski definition) is 4. The summed E-state index contributed by atoms with van der Waals surface area (Å²) in [5, 5.41) is 0. The third-order valence-electron chi connectivity index (χ3n) is 4.44. The zero-order valence-corrected chi connectivity index (χ0v) is 13.9. The minimum Gasteiger partial charge on any atom is -0.441 e. The fourth-order valence-corrected chi connectivity index (χ4v) is 3.11. The lowest BCUT2D eigenvalue weighted by Crippen LogP contribution is -2.50. The van der Waals surface area contributed by atoms with Gasteiger partial charge in [0.1, 0.15) is 5.52 Å². The number of fused-ring (bicyclic) bond motifs is 1. The van der Waals surface area contributed by atoms with E-state index in [4.69, 9.17) is 4.42 Å². The molecule has 0 atom stereocenters. The van der Waals surface area contributed by atoms with Crippen molar-refractivity contribution in [3.8, 4) is 0 Å². The van der Waals surface area contributed by atoms with Crippen LogP contribution in [0.2, 0.25) is 0 Å². The van der Waals surface area contributed by atoms with Crippen LogP contribution in [-0.4, -0.2) is 57.8 Å². The van der Waals surface area contributed by atoms with Crippen LogP contribution >= 0.6 is 0 Å². The number of nitrogens with zero attached hydrogens (tertiary/aromatic N) is 3. The average Bonchev–Trinajstić information content (AvgIpc) is 3.28. The van der Waals surface area contributed by atoms with Crippen LogP contribution in [0.25, 0.3) is 11.1 Å². The van der Waals surface area contributed by atoms with Crippen LogP contribution in [0.1, 0.15) is 26.6 Å². The van der Waals surface area contributed by atoms with E-state index < -0.39 is 0 Å². The van der Waals surface area contributed by atoms with Gasteiger partial charge in [0.25, 0.3) is 11.8 Å². The van der Waals surface area contributed by atoms with Gasteiger partial charge >= 0.3 is 0 Å². The van der Waals surface area contributed by atoms with Crippen molar-refractivity contribution in [2.45, 2.75) is 6.92 Å². The van der Waals surface area contributed by atoms with Crippen molar-refractivity contribution in [2.24, 2.45) is 0 Å². The minimum absolute atomic E-state index is 0.00750. The van der Waals surface area contributed by atoms with E-state index >= 15 is 0 Å². The largest absolute Gasteiger partial charge is 0.441 e. The number of hydrogen-bond donors (Lipinski definition) is 1. The highest BCUT2D eigenvalue weighted by Gasteiger charge is 2.26. The Morgan fingerprint density at radius 2 is 1.72 bits per heavy atom. The van der Waals surface area contributed by atoms with Crippen molar-refractivity contribution in [1.29, 1.82) is 0 Å². The molecule has 2 amide bonds.